The molecule has 0 aliphatic heterocycles. The zero-order chi connectivity index (χ0) is 17.6. The topological polar surface area (TPSA) is 59.4 Å². The van der Waals surface area contributed by atoms with Gasteiger partial charge in [0.1, 0.15) is 5.75 Å². The molecule has 6 nitrogen and oxygen atoms in total. The van der Waals surface area contributed by atoms with Gasteiger partial charge in [0.2, 0.25) is 0 Å². The van der Waals surface area contributed by atoms with Gasteiger partial charge in [0.05, 0.1) is 20.0 Å². The van der Waals surface area contributed by atoms with Gasteiger partial charge in [-0.15, -0.1) is 0 Å². The predicted molar refractivity (Wildman–Crippen MR) is 97.0 cm³/mol. The van der Waals surface area contributed by atoms with Crippen molar-refractivity contribution in [3.05, 3.63) is 72.8 Å². The maximum Gasteiger partial charge on any atom is 0.321 e. The summed E-state index contributed by atoms with van der Waals surface area (Å²) in [5.74, 6) is 0.770. The number of aromatic nitrogens is 2. The summed E-state index contributed by atoms with van der Waals surface area (Å²) in [5.41, 5.74) is 2.68. The van der Waals surface area contributed by atoms with E-state index in [-0.39, 0.29) is 6.03 Å². The standard InChI is InChI=1S/C19H20N4O2/c1-22(13-15-5-3-4-6-18(15)25-2)19(24)21-16-7-9-17(10-8-16)23-12-11-20-14-23/h3-12,14H,13H2,1-2H3,(H,21,24). The minimum atomic E-state index is -0.179. The van der Waals surface area contributed by atoms with Crippen molar-refractivity contribution >= 4 is 11.7 Å². The number of imidazole rings is 1. The number of anilines is 1. The van der Waals surface area contributed by atoms with E-state index in [0.29, 0.717) is 6.54 Å². The van der Waals surface area contributed by atoms with Crippen molar-refractivity contribution in [2.45, 2.75) is 6.54 Å². The highest BCUT2D eigenvalue weighted by atomic mass is 16.5. The molecule has 0 saturated heterocycles. The Kier molecular flexibility index (Phi) is 4.99. The van der Waals surface area contributed by atoms with Crippen molar-refractivity contribution in [2.24, 2.45) is 0 Å². The van der Waals surface area contributed by atoms with Gasteiger partial charge in [0.25, 0.3) is 0 Å². The maximum absolute atomic E-state index is 12.4. The lowest BCUT2D eigenvalue weighted by Crippen LogP contribution is -2.30. The number of hydrogen-bond acceptors (Lipinski definition) is 3. The smallest absolute Gasteiger partial charge is 0.321 e. The largest absolute Gasteiger partial charge is 0.496 e. The number of methoxy groups -OCH3 is 1. The number of hydrogen-bond donors (Lipinski definition) is 1. The zero-order valence-electron chi connectivity index (χ0n) is 14.2. The highest BCUT2D eigenvalue weighted by Gasteiger charge is 2.12. The molecule has 3 rings (SSSR count). The number of benzene rings is 2. The molecule has 0 fully saturated rings. The Morgan fingerprint density at radius 2 is 1.96 bits per heavy atom. The summed E-state index contributed by atoms with van der Waals surface area (Å²) in [6, 6.07) is 15.1. The van der Waals surface area contributed by atoms with Crippen LogP contribution in [0.5, 0.6) is 5.75 Å². The van der Waals surface area contributed by atoms with E-state index in [1.54, 1.807) is 31.6 Å². The van der Waals surface area contributed by atoms with Crippen LogP contribution in [0.15, 0.2) is 67.3 Å². The van der Waals surface area contributed by atoms with Crippen molar-refractivity contribution in [3.8, 4) is 11.4 Å². The molecule has 0 aliphatic carbocycles. The minimum absolute atomic E-state index is 0.179. The van der Waals surface area contributed by atoms with Gasteiger partial charge in [0.15, 0.2) is 0 Å². The van der Waals surface area contributed by atoms with Gasteiger partial charge in [-0.3, -0.25) is 0 Å². The molecule has 0 spiro atoms. The van der Waals surface area contributed by atoms with Crippen LogP contribution < -0.4 is 10.1 Å². The molecule has 0 saturated carbocycles. The van der Waals surface area contributed by atoms with Crippen molar-refractivity contribution in [2.75, 3.05) is 19.5 Å². The number of urea groups is 1. The molecule has 25 heavy (non-hydrogen) atoms. The van der Waals surface area contributed by atoms with E-state index in [4.69, 9.17) is 4.74 Å². The predicted octanol–water partition coefficient (Wildman–Crippen LogP) is 3.54. The maximum atomic E-state index is 12.4. The molecule has 1 aromatic heterocycles. The van der Waals surface area contributed by atoms with Crippen LogP contribution in [-0.4, -0.2) is 34.6 Å². The van der Waals surface area contributed by atoms with Gasteiger partial charge in [-0.05, 0) is 30.3 Å². The third-order valence-corrected chi connectivity index (χ3v) is 3.87. The van der Waals surface area contributed by atoms with Gasteiger partial charge in [-0.2, -0.15) is 0 Å². The third-order valence-electron chi connectivity index (χ3n) is 3.87. The Bertz CT molecular complexity index is 829. The Balaban J connectivity index is 1.63. The van der Waals surface area contributed by atoms with Crippen molar-refractivity contribution in [1.82, 2.24) is 14.5 Å². The van der Waals surface area contributed by atoms with E-state index >= 15 is 0 Å². The number of carbonyl (C=O) groups is 1. The second-order valence-electron chi connectivity index (χ2n) is 5.61. The Labute approximate surface area is 146 Å². The second-order valence-corrected chi connectivity index (χ2v) is 5.61. The molecule has 2 amide bonds. The molecule has 0 atom stereocenters. The molecule has 6 heteroatoms. The molecular formula is C19H20N4O2. The fraction of sp³-hybridized carbons (Fsp3) is 0.158. The molecule has 0 unspecified atom stereocenters. The Morgan fingerprint density at radius 3 is 2.64 bits per heavy atom. The van der Waals surface area contributed by atoms with E-state index in [9.17, 15) is 4.79 Å². The molecule has 128 valence electrons. The van der Waals surface area contributed by atoms with Crippen LogP contribution in [0.2, 0.25) is 0 Å². The van der Waals surface area contributed by atoms with Gasteiger partial charge in [-0.1, -0.05) is 18.2 Å². The molecule has 0 bridgehead atoms. The van der Waals surface area contributed by atoms with Crippen LogP contribution >= 0.6 is 0 Å². The number of amides is 2. The van der Waals surface area contributed by atoms with Crippen LogP contribution in [0.1, 0.15) is 5.56 Å². The lowest BCUT2D eigenvalue weighted by molar-refractivity contribution is 0.220. The van der Waals surface area contributed by atoms with Gasteiger partial charge < -0.3 is 19.5 Å². The summed E-state index contributed by atoms with van der Waals surface area (Å²) in [6.45, 7) is 0.461. The first-order valence-electron chi connectivity index (χ1n) is 7.90. The molecule has 1 N–H and O–H groups in total. The summed E-state index contributed by atoms with van der Waals surface area (Å²) >= 11 is 0. The second kappa shape index (κ2) is 7.53. The highest BCUT2D eigenvalue weighted by molar-refractivity contribution is 5.89. The number of rotatable bonds is 5. The number of para-hydroxylation sites is 1. The minimum Gasteiger partial charge on any atom is -0.496 e. The summed E-state index contributed by atoms with van der Waals surface area (Å²) < 4.78 is 7.23. The molecule has 1 heterocycles. The summed E-state index contributed by atoms with van der Waals surface area (Å²) in [6.07, 6.45) is 5.33. The monoisotopic (exact) mass is 336 g/mol. The van der Waals surface area contributed by atoms with E-state index in [1.165, 1.54) is 0 Å². The van der Waals surface area contributed by atoms with Gasteiger partial charge in [-0.25, -0.2) is 9.78 Å². The van der Waals surface area contributed by atoms with Gasteiger partial charge in [0, 0.05) is 36.4 Å². The van der Waals surface area contributed by atoms with Crippen LogP contribution in [0, 0.1) is 0 Å². The fourth-order valence-corrected chi connectivity index (χ4v) is 2.51. The number of nitrogens with zero attached hydrogens (tertiary/aromatic N) is 3. The summed E-state index contributed by atoms with van der Waals surface area (Å²) in [7, 11) is 3.38. The Hall–Kier alpha value is -3.28. The van der Waals surface area contributed by atoms with Crippen LogP contribution in [-0.2, 0) is 6.54 Å². The highest BCUT2D eigenvalue weighted by Crippen LogP contribution is 2.19. The molecule has 0 radical (unpaired) electrons. The number of carbonyl (C=O) groups excluding carboxylic acids is 1. The van der Waals surface area contributed by atoms with Gasteiger partial charge >= 0.3 is 6.03 Å². The van der Waals surface area contributed by atoms with Crippen molar-refractivity contribution < 1.29 is 9.53 Å². The molecule has 3 aromatic rings. The molecule has 0 aliphatic rings. The number of ether oxygens (including phenoxy) is 1. The van der Waals surface area contributed by atoms with E-state index in [1.807, 2.05) is 59.3 Å². The average Bonchev–Trinajstić information content (AvgIpc) is 3.17. The van der Waals surface area contributed by atoms with E-state index in [2.05, 4.69) is 10.3 Å². The quantitative estimate of drug-likeness (QED) is 0.775. The van der Waals surface area contributed by atoms with Crippen LogP contribution in [0.3, 0.4) is 0 Å². The van der Waals surface area contributed by atoms with Crippen LogP contribution in [0.25, 0.3) is 5.69 Å². The molecule has 2 aromatic carbocycles. The SMILES string of the molecule is COc1ccccc1CN(C)C(=O)Nc1ccc(-n2ccnc2)cc1. The van der Waals surface area contributed by atoms with E-state index in [0.717, 1.165) is 22.7 Å². The summed E-state index contributed by atoms with van der Waals surface area (Å²) in [5, 5.41) is 2.89. The normalized spacial score (nSPS) is 10.3. The third kappa shape index (κ3) is 3.98. The first-order chi connectivity index (χ1) is 12.2. The van der Waals surface area contributed by atoms with Crippen molar-refractivity contribution in [1.29, 1.82) is 0 Å². The lowest BCUT2D eigenvalue weighted by atomic mass is 10.2. The first-order valence-corrected chi connectivity index (χ1v) is 7.90. The fourth-order valence-electron chi connectivity index (χ4n) is 2.51. The average molecular weight is 336 g/mol. The number of nitrogens with one attached hydrogen (secondary N) is 1. The zero-order valence-corrected chi connectivity index (χ0v) is 14.2. The van der Waals surface area contributed by atoms with Crippen LogP contribution in [0.4, 0.5) is 10.5 Å². The van der Waals surface area contributed by atoms with Crippen molar-refractivity contribution in [3.63, 3.8) is 0 Å². The lowest BCUT2D eigenvalue weighted by Gasteiger charge is -2.19. The van der Waals surface area contributed by atoms with E-state index < -0.39 is 0 Å². The Morgan fingerprint density at radius 1 is 1.20 bits per heavy atom. The molecular weight excluding hydrogens is 316 g/mol. The first kappa shape index (κ1) is 16.6. The summed E-state index contributed by atoms with van der Waals surface area (Å²) in [4.78, 5) is 18.0.